The van der Waals surface area contributed by atoms with Crippen molar-refractivity contribution in [2.75, 3.05) is 6.54 Å². The lowest BCUT2D eigenvalue weighted by Crippen LogP contribution is -2.23. The normalized spacial score (nSPS) is 27.4. The van der Waals surface area contributed by atoms with Crippen LogP contribution in [0.5, 0.6) is 0 Å². The Hall–Kier alpha value is -0.830. The molecule has 1 heterocycles. The molecule has 1 N–H and O–H groups in total. The Morgan fingerprint density at radius 3 is 3.08 bits per heavy atom. The van der Waals surface area contributed by atoms with E-state index in [1.807, 2.05) is 23.1 Å². The van der Waals surface area contributed by atoms with E-state index in [9.17, 15) is 0 Å². The van der Waals surface area contributed by atoms with Crippen LogP contribution >= 0.6 is 0 Å². The maximum Gasteiger partial charge on any atom is 0.0534 e. The number of hydrogen-bond acceptors (Lipinski definition) is 2. The molecular formula is C9H15N3. The summed E-state index contributed by atoms with van der Waals surface area (Å²) in [4.78, 5) is 0. The molecule has 0 saturated heterocycles. The highest BCUT2D eigenvalue weighted by Gasteiger charge is 2.31. The highest BCUT2D eigenvalue weighted by atomic mass is 15.3. The number of nitrogens with zero attached hydrogens (tertiary/aromatic N) is 2. The van der Waals surface area contributed by atoms with Crippen molar-refractivity contribution in [3.05, 3.63) is 18.5 Å². The first-order valence-corrected chi connectivity index (χ1v) is 4.57. The molecule has 0 amide bonds. The van der Waals surface area contributed by atoms with Gasteiger partial charge in [-0.1, -0.05) is 6.92 Å². The average molecular weight is 165 g/mol. The second-order valence-electron chi connectivity index (χ2n) is 3.54. The van der Waals surface area contributed by atoms with E-state index in [1.54, 1.807) is 0 Å². The van der Waals surface area contributed by atoms with Crippen LogP contribution in [0.2, 0.25) is 0 Å². The second kappa shape index (κ2) is 3.27. The topological polar surface area (TPSA) is 29.9 Å². The van der Waals surface area contributed by atoms with Crippen molar-refractivity contribution >= 4 is 0 Å². The Morgan fingerprint density at radius 1 is 1.67 bits per heavy atom. The standard InChI is InChI=1S/C9H15N3/c1-8-7-9(8)10-4-6-12-5-2-3-11-12/h2-3,5,8-10H,4,6-7H2,1H3. The minimum Gasteiger partial charge on any atom is -0.312 e. The number of aromatic nitrogens is 2. The molecule has 1 saturated carbocycles. The minimum absolute atomic E-state index is 0.778. The van der Waals surface area contributed by atoms with Crippen molar-refractivity contribution in [2.24, 2.45) is 5.92 Å². The van der Waals surface area contributed by atoms with Crippen LogP contribution in [0.15, 0.2) is 18.5 Å². The molecule has 3 heteroatoms. The zero-order valence-corrected chi connectivity index (χ0v) is 7.40. The highest BCUT2D eigenvalue weighted by molar-refractivity contribution is 4.89. The second-order valence-corrected chi connectivity index (χ2v) is 3.54. The van der Waals surface area contributed by atoms with Gasteiger partial charge >= 0.3 is 0 Å². The zero-order chi connectivity index (χ0) is 8.39. The quantitative estimate of drug-likeness (QED) is 0.717. The maximum absolute atomic E-state index is 4.13. The van der Waals surface area contributed by atoms with Gasteiger partial charge in [-0.15, -0.1) is 0 Å². The van der Waals surface area contributed by atoms with Crippen molar-refractivity contribution in [1.29, 1.82) is 0 Å². The van der Waals surface area contributed by atoms with Gasteiger partial charge in [0.1, 0.15) is 0 Å². The number of hydrogen-bond donors (Lipinski definition) is 1. The zero-order valence-electron chi connectivity index (χ0n) is 7.40. The minimum atomic E-state index is 0.778. The number of rotatable bonds is 4. The van der Waals surface area contributed by atoms with Crippen LogP contribution < -0.4 is 5.32 Å². The molecule has 2 unspecified atom stereocenters. The Kier molecular flexibility index (Phi) is 2.13. The Labute approximate surface area is 72.8 Å². The van der Waals surface area contributed by atoms with Gasteiger partial charge in [-0.25, -0.2) is 0 Å². The van der Waals surface area contributed by atoms with E-state index < -0.39 is 0 Å². The Morgan fingerprint density at radius 2 is 2.50 bits per heavy atom. The van der Waals surface area contributed by atoms with Gasteiger partial charge < -0.3 is 5.32 Å². The van der Waals surface area contributed by atoms with Crippen molar-refractivity contribution in [1.82, 2.24) is 15.1 Å². The summed E-state index contributed by atoms with van der Waals surface area (Å²) in [7, 11) is 0. The molecule has 0 aromatic carbocycles. The molecular weight excluding hydrogens is 150 g/mol. The fourth-order valence-corrected chi connectivity index (χ4v) is 1.40. The molecule has 0 aliphatic heterocycles. The summed E-state index contributed by atoms with van der Waals surface area (Å²) in [5, 5.41) is 7.61. The summed E-state index contributed by atoms with van der Waals surface area (Å²) < 4.78 is 1.96. The lowest BCUT2D eigenvalue weighted by Gasteiger charge is -2.02. The fourth-order valence-electron chi connectivity index (χ4n) is 1.40. The van der Waals surface area contributed by atoms with Crippen LogP contribution in [-0.2, 0) is 6.54 Å². The molecule has 3 nitrogen and oxygen atoms in total. The van der Waals surface area contributed by atoms with Gasteiger partial charge in [0.2, 0.25) is 0 Å². The van der Waals surface area contributed by atoms with Crippen LogP contribution in [0.4, 0.5) is 0 Å². The fraction of sp³-hybridized carbons (Fsp3) is 0.667. The molecule has 2 rings (SSSR count). The Balaban J connectivity index is 1.63. The monoisotopic (exact) mass is 165 g/mol. The van der Waals surface area contributed by atoms with Crippen LogP contribution in [0.1, 0.15) is 13.3 Å². The third-order valence-corrected chi connectivity index (χ3v) is 2.42. The van der Waals surface area contributed by atoms with E-state index in [4.69, 9.17) is 0 Å². The molecule has 2 atom stereocenters. The molecule has 1 aromatic rings. The molecule has 1 aliphatic carbocycles. The van der Waals surface area contributed by atoms with E-state index in [2.05, 4.69) is 17.3 Å². The smallest absolute Gasteiger partial charge is 0.0534 e. The lowest BCUT2D eigenvalue weighted by molar-refractivity contribution is 0.543. The van der Waals surface area contributed by atoms with Crippen LogP contribution in [0.25, 0.3) is 0 Å². The molecule has 1 aromatic heterocycles. The van der Waals surface area contributed by atoms with E-state index in [0.717, 1.165) is 25.0 Å². The van der Waals surface area contributed by atoms with E-state index >= 15 is 0 Å². The Bertz CT molecular complexity index is 230. The third-order valence-electron chi connectivity index (χ3n) is 2.42. The summed E-state index contributed by atoms with van der Waals surface area (Å²) in [6.45, 7) is 4.30. The highest BCUT2D eigenvalue weighted by Crippen LogP contribution is 2.28. The molecule has 1 aliphatic rings. The van der Waals surface area contributed by atoms with E-state index in [-0.39, 0.29) is 0 Å². The van der Waals surface area contributed by atoms with Gasteiger partial charge in [-0.05, 0) is 18.4 Å². The van der Waals surface area contributed by atoms with Gasteiger partial charge in [-0.3, -0.25) is 4.68 Å². The SMILES string of the molecule is CC1CC1NCCn1cccn1. The van der Waals surface area contributed by atoms with Gasteiger partial charge in [0.25, 0.3) is 0 Å². The van der Waals surface area contributed by atoms with Crippen molar-refractivity contribution in [2.45, 2.75) is 25.9 Å². The van der Waals surface area contributed by atoms with Crippen LogP contribution in [0, 0.1) is 5.92 Å². The summed E-state index contributed by atoms with van der Waals surface area (Å²) in [5.74, 6) is 0.891. The molecule has 0 bridgehead atoms. The third kappa shape index (κ3) is 1.85. The average Bonchev–Trinajstić information content (AvgIpc) is 2.58. The van der Waals surface area contributed by atoms with Crippen LogP contribution in [0.3, 0.4) is 0 Å². The van der Waals surface area contributed by atoms with Gasteiger partial charge in [0.15, 0.2) is 0 Å². The van der Waals surface area contributed by atoms with E-state index in [0.29, 0.717) is 0 Å². The van der Waals surface area contributed by atoms with E-state index in [1.165, 1.54) is 6.42 Å². The predicted octanol–water partition coefficient (Wildman–Crippen LogP) is 0.881. The lowest BCUT2D eigenvalue weighted by atomic mass is 10.5. The molecule has 66 valence electrons. The van der Waals surface area contributed by atoms with Gasteiger partial charge in [-0.2, -0.15) is 5.10 Å². The van der Waals surface area contributed by atoms with Crippen molar-refractivity contribution in [3.8, 4) is 0 Å². The van der Waals surface area contributed by atoms with Crippen LogP contribution in [-0.4, -0.2) is 22.4 Å². The van der Waals surface area contributed by atoms with Crippen molar-refractivity contribution < 1.29 is 0 Å². The van der Waals surface area contributed by atoms with Gasteiger partial charge in [0, 0.05) is 25.0 Å². The summed E-state index contributed by atoms with van der Waals surface area (Å²) in [6.07, 6.45) is 5.16. The summed E-state index contributed by atoms with van der Waals surface area (Å²) >= 11 is 0. The first kappa shape index (κ1) is 7.80. The first-order chi connectivity index (χ1) is 5.86. The largest absolute Gasteiger partial charge is 0.312 e. The predicted molar refractivity (Wildman–Crippen MR) is 47.8 cm³/mol. The summed E-state index contributed by atoms with van der Waals surface area (Å²) in [5.41, 5.74) is 0. The molecule has 1 fully saturated rings. The molecule has 12 heavy (non-hydrogen) atoms. The first-order valence-electron chi connectivity index (χ1n) is 4.57. The maximum atomic E-state index is 4.13. The number of nitrogens with one attached hydrogen (secondary N) is 1. The molecule has 0 spiro atoms. The molecule has 0 radical (unpaired) electrons. The summed E-state index contributed by atoms with van der Waals surface area (Å²) in [6, 6.07) is 2.74. The van der Waals surface area contributed by atoms with Gasteiger partial charge in [0.05, 0.1) is 6.54 Å². The van der Waals surface area contributed by atoms with Crippen molar-refractivity contribution in [3.63, 3.8) is 0 Å².